The molecule has 0 bridgehead atoms. The molecule has 2 heteroatoms. The van der Waals surface area contributed by atoms with E-state index in [1.54, 1.807) is 32.3 Å². The molecule has 0 aliphatic carbocycles. The van der Waals surface area contributed by atoms with Gasteiger partial charge in [0.15, 0.2) is 0 Å². The fourth-order valence-electron chi connectivity index (χ4n) is 1.25. The second-order valence-electron chi connectivity index (χ2n) is 3.44. The van der Waals surface area contributed by atoms with Crippen LogP contribution in [-0.2, 0) is 4.74 Å². The van der Waals surface area contributed by atoms with Crippen molar-refractivity contribution in [2.45, 2.75) is 6.92 Å². The SMILES string of the molecule is C=C/C(=C\C(=C)c1ccc(C)c(F)c1)OC. The monoisotopic (exact) mass is 218 g/mol. The zero-order chi connectivity index (χ0) is 12.1. The Balaban J connectivity index is 3.01. The molecule has 0 saturated carbocycles. The molecule has 0 heterocycles. The third-order valence-corrected chi connectivity index (χ3v) is 2.30. The van der Waals surface area contributed by atoms with Crippen molar-refractivity contribution in [2.75, 3.05) is 7.11 Å². The average molecular weight is 218 g/mol. The van der Waals surface area contributed by atoms with Crippen LogP contribution in [0.15, 0.2) is 49.3 Å². The summed E-state index contributed by atoms with van der Waals surface area (Å²) in [4.78, 5) is 0. The number of benzene rings is 1. The molecule has 1 aromatic carbocycles. The molecule has 16 heavy (non-hydrogen) atoms. The quantitative estimate of drug-likeness (QED) is 0.550. The molecule has 0 saturated heterocycles. The number of hydrogen-bond donors (Lipinski definition) is 0. The lowest BCUT2D eigenvalue weighted by atomic mass is 10.0. The molecule has 0 fully saturated rings. The van der Waals surface area contributed by atoms with E-state index in [0.717, 1.165) is 5.56 Å². The van der Waals surface area contributed by atoms with Gasteiger partial charge in [-0.05, 0) is 41.8 Å². The molecule has 0 atom stereocenters. The summed E-state index contributed by atoms with van der Waals surface area (Å²) in [6, 6.07) is 5.02. The molecule has 0 aliphatic rings. The topological polar surface area (TPSA) is 9.23 Å². The van der Waals surface area contributed by atoms with Gasteiger partial charge in [-0.25, -0.2) is 4.39 Å². The van der Waals surface area contributed by atoms with Crippen LogP contribution >= 0.6 is 0 Å². The molecule has 1 aromatic rings. The molecule has 0 N–H and O–H groups in total. The van der Waals surface area contributed by atoms with Gasteiger partial charge in [-0.1, -0.05) is 25.3 Å². The van der Waals surface area contributed by atoms with Crippen molar-refractivity contribution in [1.29, 1.82) is 0 Å². The Bertz CT molecular complexity index is 444. The van der Waals surface area contributed by atoms with Gasteiger partial charge in [0, 0.05) is 0 Å². The zero-order valence-corrected chi connectivity index (χ0v) is 9.59. The van der Waals surface area contributed by atoms with Crippen LogP contribution in [0, 0.1) is 12.7 Å². The molecular formula is C14H15FO. The highest BCUT2D eigenvalue weighted by atomic mass is 19.1. The lowest BCUT2D eigenvalue weighted by Crippen LogP contribution is -1.88. The second-order valence-corrected chi connectivity index (χ2v) is 3.44. The van der Waals surface area contributed by atoms with Crippen LogP contribution in [0.2, 0.25) is 0 Å². The van der Waals surface area contributed by atoms with Gasteiger partial charge in [0.25, 0.3) is 0 Å². The molecule has 84 valence electrons. The molecule has 0 unspecified atom stereocenters. The highest BCUT2D eigenvalue weighted by Crippen LogP contribution is 2.19. The van der Waals surface area contributed by atoms with Crippen LogP contribution in [0.5, 0.6) is 0 Å². The summed E-state index contributed by atoms with van der Waals surface area (Å²) in [6.45, 7) is 9.19. The van der Waals surface area contributed by atoms with Gasteiger partial charge >= 0.3 is 0 Å². The fourth-order valence-corrected chi connectivity index (χ4v) is 1.25. The van der Waals surface area contributed by atoms with Crippen molar-refractivity contribution in [3.05, 3.63) is 66.2 Å². The van der Waals surface area contributed by atoms with Crippen LogP contribution < -0.4 is 0 Å². The zero-order valence-electron chi connectivity index (χ0n) is 9.59. The Morgan fingerprint density at radius 2 is 2.12 bits per heavy atom. The number of ether oxygens (including phenoxy) is 1. The summed E-state index contributed by atoms with van der Waals surface area (Å²) < 4.78 is 18.4. The highest BCUT2D eigenvalue weighted by molar-refractivity contribution is 5.73. The van der Waals surface area contributed by atoms with Crippen LogP contribution in [0.3, 0.4) is 0 Å². The van der Waals surface area contributed by atoms with Gasteiger partial charge in [0.1, 0.15) is 11.6 Å². The maximum atomic E-state index is 13.3. The third-order valence-electron chi connectivity index (χ3n) is 2.30. The van der Waals surface area contributed by atoms with Gasteiger partial charge in [0.05, 0.1) is 7.11 Å². The van der Waals surface area contributed by atoms with Crippen molar-refractivity contribution < 1.29 is 9.13 Å². The maximum absolute atomic E-state index is 13.3. The number of hydrogen-bond acceptors (Lipinski definition) is 1. The molecule has 0 radical (unpaired) electrons. The Labute approximate surface area is 95.6 Å². The predicted octanol–water partition coefficient (Wildman–Crippen LogP) is 3.86. The first-order valence-corrected chi connectivity index (χ1v) is 4.92. The van der Waals surface area contributed by atoms with Crippen LogP contribution in [0.1, 0.15) is 11.1 Å². The van der Waals surface area contributed by atoms with Crippen LogP contribution in [-0.4, -0.2) is 7.11 Å². The van der Waals surface area contributed by atoms with Gasteiger partial charge in [-0.15, -0.1) is 0 Å². The van der Waals surface area contributed by atoms with E-state index in [1.165, 1.54) is 6.07 Å². The standard InChI is InChI=1S/C14H15FO/c1-5-13(16-4)8-11(3)12-7-6-10(2)14(15)9-12/h5-9H,1,3H2,2,4H3/b13-8+. The number of methoxy groups -OCH3 is 1. The molecule has 1 nitrogen and oxygen atoms in total. The van der Waals surface area contributed by atoms with Gasteiger partial charge in [-0.2, -0.15) is 0 Å². The van der Waals surface area contributed by atoms with Gasteiger partial charge in [0.2, 0.25) is 0 Å². The molecule has 0 spiro atoms. The Morgan fingerprint density at radius 3 is 2.62 bits per heavy atom. The summed E-state index contributed by atoms with van der Waals surface area (Å²) in [5.74, 6) is 0.371. The van der Waals surface area contributed by atoms with E-state index in [-0.39, 0.29) is 5.82 Å². The number of aryl methyl sites for hydroxylation is 1. The summed E-state index contributed by atoms with van der Waals surface area (Å²) in [5.41, 5.74) is 2.05. The molecular weight excluding hydrogens is 203 g/mol. The first kappa shape index (κ1) is 12.2. The number of rotatable bonds is 4. The average Bonchev–Trinajstić information content (AvgIpc) is 2.29. The third kappa shape index (κ3) is 2.83. The lowest BCUT2D eigenvalue weighted by Gasteiger charge is -2.05. The van der Waals surface area contributed by atoms with E-state index < -0.39 is 0 Å². The van der Waals surface area contributed by atoms with Crippen molar-refractivity contribution in [3.63, 3.8) is 0 Å². The second kappa shape index (κ2) is 5.31. The Morgan fingerprint density at radius 1 is 1.44 bits per heavy atom. The summed E-state index contributed by atoms with van der Waals surface area (Å²) >= 11 is 0. The van der Waals surface area contributed by atoms with Crippen molar-refractivity contribution in [2.24, 2.45) is 0 Å². The largest absolute Gasteiger partial charge is 0.497 e. The summed E-state index contributed by atoms with van der Waals surface area (Å²) in [7, 11) is 1.55. The molecule has 0 amide bonds. The van der Waals surface area contributed by atoms with E-state index in [2.05, 4.69) is 13.2 Å². The van der Waals surface area contributed by atoms with E-state index in [1.807, 2.05) is 6.07 Å². The van der Waals surface area contributed by atoms with E-state index >= 15 is 0 Å². The van der Waals surface area contributed by atoms with Crippen LogP contribution in [0.25, 0.3) is 5.57 Å². The maximum Gasteiger partial charge on any atom is 0.126 e. The summed E-state index contributed by atoms with van der Waals surface area (Å²) in [6.07, 6.45) is 3.30. The van der Waals surface area contributed by atoms with Crippen molar-refractivity contribution in [3.8, 4) is 0 Å². The molecule has 0 aliphatic heterocycles. The van der Waals surface area contributed by atoms with Crippen LogP contribution in [0.4, 0.5) is 4.39 Å². The fraction of sp³-hybridized carbons (Fsp3) is 0.143. The molecule has 1 rings (SSSR count). The Hall–Kier alpha value is -1.83. The smallest absolute Gasteiger partial charge is 0.126 e. The van der Waals surface area contributed by atoms with Gasteiger partial charge in [-0.3, -0.25) is 0 Å². The molecule has 0 aromatic heterocycles. The lowest BCUT2D eigenvalue weighted by molar-refractivity contribution is 0.307. The highest BCUT2D eigenvalue weighted by Gasteiger charge is 2.02. The van der Waals surface area contributed by atoms with E-state index in [4.69, 9.17) is 4.74 Å². The van der Waals surface area contributed by atoms with E-state index in [9.17, 15) is 4.39 Å². The minimum absolute atomic E-state index is 0.232. The minimum atomic E-state index is -0.232. The predicted molar refractivity (Wildman–Crippen MR) is 65.5 cm³/mol. The normalized spacial score (nSPS) is 11.1. The number of halogens is 1. The van der Waals surface area contributed by atoms with Gasteiger partial charge < -0.3 is 4.74 Å². The number of allylic oxidation sites excluding steroid dienone is 3. The minimum Gasteiger partial charge on any atom is -0.497 e. The first-order chi connectivity index (χ1) is 7.58. The van der Waals surface area contributed by atoms with Crippen molar-refractivity contribution >= 4 is 5.57 Å². The first-order valence-electron chi connectivity index (χ1n) is 4.92. The van der Waals surface area contributed by atoms with Crippen molar-refractivity contribution in [1.82, 2.24) is 0 Å². The Kier molecular flexibility index (Phi) is 4.06. The van der Waals surface area contributed by atoms with E-state index in [0.29, 0.717) is 16.9 Å². The summed E-state index contributed by atoms with van der Waals surface area (Å²) in [5, 5.41) is 0.